The lowest BCUT2D eigenvalue weighted by molar-refractivity contribution is 0.202. The van der Waals surface area contributed by atoms with Gasteiger partial charge in [0.15, 0.2) is 17.3 Å². The van der Waals surface area contributed by atoms with Crippen LogP contribution in [0.2, 0.25) is 0 Å². The highest BCUT2D eigenvalue weighted by Gasteiger charge is 2.22. The maximum atomic E-state index is 13.4. The molecule has 20 heavy (non-hydrogen) atoms. The maximum Gasteiger partial charge on any atom is 0.165 e. The van der Waals surface area contributed by atoms with E-state index in [0.717, 1.165) is 0 Å². The highest BCUT2D eigenvalue weighted by molar-refractivity contribution is 5.38. The second-order valence-electron chi connectivity index (χ2n) is 4.21. The summed E-state index contributed by atoms with van der Waals surface area (Å²) >= 11 is 0. The topological polar surface area (TPSA) is 56.5 Å². The Kier molecular flexibility index (Phi) is 4.24. The largest absolute Gasteiger partial charge is 0.494 e. The Hall–Kier alpha value is -2.08. The molecule has 0 aliphatic carbocycles. The quantitative estimate of drug-likeness (QED) is 0.911. The normalized spacial score (nSPS) is 12.2. The number of ether oxygens (including phenoxy) is 2. The highest BCUT2D eigenvalue weighted by Crippen LogP contribution is 2.32. The van der Waals surface area contributed by atoms with Gasteiger partial charge in [-0.2, -0.15) is 5.10 Å². The SMILES string of the molecule is CCn1ncc(OC)c1C(O)c1ccc(F)c(OC)c1. The van der Waals surface area contributed by atoms with E-state index in [9.17, 15) is 9.50 Å². The summed E-state index contributed by atoms with van der Waals surface area (Å²) in [6.07, 6.45) is 0.574. The van der Waals surface area contributed by atoms with Crippen LogP contribution in [0.3, 0.4) is 0 Å². The molecule has 6 heteroatoms. The highest BCUT2D eigenvalue weighted by atomic mass is 19.1. The predicted octanol–water partition coefficient (Wildman–Crippen LogP) is 2.14. The average molecular weight is 280 g/mol. The fourth-order valence-corrected chi connectivity index (χ4v) is 2.07. The van der Waals surface area contributed by atoms with E-state index in [-0.39, 0.29) is 5.75 Å². The third-order valence-corrected chi connectivity index (χ3v) is 3.11. The first-order valence-electron chi connectivity index (χ1n) is 6.23. The van der Waals surface area contributed by atoms with Crippen molar-refractivity contribution in [2.45, 2.75) is 19.6 Å². The molecule has 1 N–H and O–H groups in total. The Morgan fingerprint density at radius 1 is 1.30 bits per heavy atom. The lowest BCUT2D eigenvalue weighted by atomic mass is 10.1. The van der Waals surface area contributed by atoms with Gasteiger partial charge in [0.2, 0.25) is 0 Å². The van der Waals surface area contributed by atoms with Gasteiger partial charge in [-0.3, -0.25) is 4.68 Å². The minimum absolute atomic E-state index is 0.0862. The van der Waals surface area contributed by atoms with Crippen molar-refractivity contribution >= 4 is 0 Å². The number of hydrogen-bond donors (Lipinski definition) is 1. The summed E-state index contributed by atoms with van der Waals surface area (Å²) in [7, 11) is 2.89. The molecule has 0 spiro atoms. The minimum atomic E-state index is -0.970. The van der Waals surface area contributed by atoms with E-state index >= 15 is 0 Å². The van der Waals surface area contributed by atoms with Gasteiger partial charge in [0.25, 0.3) is 0 Å². The van der Waals surface area contributed by atoms with Gasteiger partial charge >= 0.3 is 0 Å². The monoisotopic (exact) mass is 280 g/mol. The number of aliphatic hydroxyl groups excluding tert-OH is 1. The molecular weight excluding hydrogens is 263 g/mol. The number of nitrogens with zero attached hydrogens (tertiary/aromatic N) is 2. The Bertz CT molecular complexity index is 577. The van der Waals surface area contributed by atoms with E-state index in [4.69, 9.17) is 9.47 Å². The number of benzene rings is 1. The van der Waals surface area contributed by atoms with Crippen LogP contribution in [0.15, 0.2) is 24.4 Å². The maximum absolute atomic E-state index is 13.4. The standard InChI is InChI=1S/C14H17FN2O3/c1-4-17-13(12(20-3)8-16-17)14(18)9-5-6-10(15)11(7-9)19-2/h5-8,14,18H,4H2,1-3H3. The molecule has 0 amide bonds. The first-order valence-corrected chi connectivity index (χ1v) is 6.23. The van der Waals surface area contributed by atoms with Gasteiger partial charge in [0.05, 0.1) is 20.4 Å². The van der Waals surface area contributed by atoms with Crippen LogP contribution >= 0.6 is 0 Å². The number of rotatable bonds is 5. The summed E-state index contributed by atoms with van der Waals surface area (Å²) in [5, 5.41) is 14.6. The van der Waals surface area contributed by atoms with E-state index in [1.165, 1.54) is 32.4 Å². The van der Waals surface area contributed by atoms with Crippen LogP contribution in [0.5, 0.6) is 11.5 Å². The third kappa shape index (κ3) is 2.46. The Labute approximate surface area is 116 Å². The van der Waals surface area contributed by atoms with Gasteiger partial charge in [-0.1, -0.05) is 6.07 Å². The lowest BCUT2D eigenvalue weighted by Crippen LogP contribution is -2.10. The molecule has 5 nitrogen and oxygen atoms in total. The molecule has 0 radical (unpaired) electrons. The van der Waals surface area contributed by atoms with Crippen LogP contribution in [-0.2, 0) is 6.54 Å². The number of hydrogen-bond acceptors (Lipinski definition) is 4. The van der Waals surface area contributed by atoms with Gasteiger partial charge in [0, 0.05) is 6.54 Å². The van der Waals surface area contributed by atoms with E-state index in [1.54, 1.807) is 10.9 Å². The van der Waals surface area contributed by atoms with E-state index in [1.807, 2.05) is 6.92 Å². The molecule has 1 heterocycles. The summed E-state index contributed by atoms with van der Waals surface area (Å²) in [6.45, 7) is 2.50. The van der Waals surface area contributed by atoms with Gasteiger partial charge in [-0.25, -0.2) is 4.39 Å². The van der Waals surface area contributed by atoms with Crippen molar-refractivity contribution in [1.82, 2.24) is 9.78 Å². The molecule has 0 saturated heterocycles. The van der Waals surface area contributed by atoms with Crippen molar-refractivity contribution < 1.29 is 19.0 Å². The van der Waals surface area contributed by atoms with Crippen molar-refractivity contribution in [3.05, 3.63) is 41.5 Å². The number of methoxy groups -OCH3 is 2. The number of aromatic nitrogens is 2. The van der Waals surface area contributed by atoms with Gasteiger partial charge < -0.3 is 14.6 Å². The van der Waals surface area contributed by atoms with Crippen molar-refractivity contribution in [3.63, 3.8) is 0 Å². The first kappa shape index (κ1) is 14.3. The molecule has 0 aliphatic rings. The Balaban J connectivity index is 2.45. The summed E-state index contributed by atoms with van der Waals surface area (Å²) in [5.41, 5.74) is 1.04. The molecular formula is C14H17FN2O3. The fraction of sp³-hybridized carbons (Fsp3) is 0.357. The molecule has 2 aromatic rings. The Morgan fingerprint density at radius 3 is 2.60 bits per heavy atom. The van der Waals surface area contributed by atoms with Crippen molar-refractivity contribution in [1.29, 1.82) is 0 Å². The first-order chi connectivity index (χ1) is 9.62. The van der Waals surface area contributed by atoms with Crippen molar-refractivity contribution in [2.75, 3.05) is 14.2 Å². The molecule has 0 bridgehead atoms. The zero-order valence-electron chi connectivity index (χ0n) is 11.6. The minimum Gasteiger partial charge on any atom is -0.494 e. The smallest absolute Gasteiger partial charge is 0.165 e. The number of aryl methyl sites for hydroxylation is 1. The van der Waals surface area contributed by atoms with E-state index < -0.39 is 11.9 Å². The zero-order valence-corrected chi connectivity index (χ0v) is 11.6. The third-order valence-electron chi connectivity index (χ3n) is 3.11. The van der Waals surface area contributed by atoms with Gasteiger partial charge in [0.1, 0.15) is 11.8 Å². The Morgan fingerprint density at radius 2 is 2.00 bits per heavy atom. The summed E-state index contributed by atoms with van der Waals surface area (Å²) in [5.74, 6) is 0.102. The van der Waals surface area contributed by atoms with Crippen LogP contribution in [0.4, 0.5) is 4.39 Å². The molecule has 108 valence electrons. The second kappa shape index (κ2) is 5.92. The second-order valence-corrected chi connectivity index (χ2v) is 4.21. The molecule has 0 aliphatic heterocycles. The molecule has 1 atom stereocenters. The summed E-state index contributed by atoms with van der Waals surface area (Å²) in [6, 6.07) is 4.23. The lowest BCUT2D eigenvalue weighted by Gasteiger charge is -2.15. The van der Waals surface area contributed by atoms with E-state index in [2.05, 4.69) is 5.10 Å². The van der Waals surface area contributed by atoms with Crippen LogP contribution in [0.25, 0.3) is 0 Å². The van der Waals surface area contributed by atoms with Crippen LogP contribution in [-0.4, -0.2) is 29.1 Å². The van der Waals surface area contributed by atoms with Gasteiger partial charge in [-0.05, 0) is 24.6 Å². The molecule has 2 rings (SSSR count). The average Bonchev–Trinajstić information content (AvgIpc) is 2.89. The van der Waals surface area contributed by atoms with Crippen LogP contribution in [0, 0.1) is 5.82 Å². The van der Waals surface area contributed by atoms with Crippen molar-refractivity contribution in [3.8, 4) is 11.5 Å². The summed E-state index contributed by atoms with van der Waals surface area (Å²) in [4.78, 5) is 0. The molecule has 0 saturated carbocycles. The zero-order chi connectivity index (χ0) is 14.7. The predicted molar refractivity (Wildman–Crippen MR) is 71.5 cm³/mol. The number of aliphatic hydroxyl groups is 1. The van der Waals surface area contributed by atoms with Crippen molar-refractivity contribution in [2.24, 2.45) is 0 Å². The fourth-order valence-electron chi connectivity index (χ4n) is 2.07. The summed E-state index contributed by atoms with van der Waals surface area (Å²) < 4.78 is 25.2. The molecule has 1 aromatic heterocycles. The molecule has 1 unspecified atom stereocenters. The van der Waals surface area contributed by atoms with E-state index in [0.29, 0.717) is 23.6 Å². The molecule has 1 aromatic carbocycles. The van der Waals surface area contributed by atoms with Gasteiger partial charge in [-0.15, -0.1) is 0 Å². The van der Waals surface area contributed by atoms with Crippen LogP contribution < -0.4 is 9.47 Å². The molecule has 0 fully saturated rings. The number of halogens is 1. The van der Waals surface area contributed by atoms with Crippen LogP contribution in [0.1, 0.15) is 24.3 Å².